The highest BCUT2D eigenvalue weighted by Crippen LogP contribution is 2.19. The fourth-order valence-corrected chi connectivity index (χ4v) is 2.27. The number of nitrogens with zero attached hydrogens (tertiary/aromatic N) is 4. The van der Waals surface area contributed by atoms with Crippen LogP contribution in [0.5, 0.6) is 0 Å². The fraction of sp³-hybridized carbons (Fsp3) is 0.200. The summed E-state index contributed by atoms with van der Waals surface area (Å²) in [4.78, 5) is 16.9. The molecule has 1 aromatic carbocycles. The number of rotatable bonds is 3. The van der Waals surface area contributed by atoms with E-state index in [0.717, 1.165) is 16.6 Å². The van der Waals surface area contributed by atoms with Gasteiger partial charge in [-0.15, -0.1) is 5.10 Å². The number of hydrogen-bond acceptors (Lipinski definition) is 4. The van der Waals surface area contributed by atoms with E-state index < -0.39 is 0 Å². The Labute approximate surface area is 116 Å². The molecular formula is C15H14N4O. The van der Waals surface area contributed by atoms with Crippen LogP contribution in [0.2, 0.25) is 0 Å². The number of carbonyl (C=O) groups excluding carboxylic acids is 1. The normalized spacial score (nSPS) is 10.9. The van der Waals surface area contributed by atoms with Gasteiger partial charge in [0, 0.05) is 29.9 Å². The quantitative estimate of drug-likeness (QED) is 0.681. The van der Waals surface area contributed by atoms with E-state index in [-0.39, 0.29) is 12.2 Å². The van der Waals surface area contributed by atoms with Crippen LogP contribution in [0.3, 0.4) is 0 Å². The summed E-state index contributed by atoms with van der Waals surface area (Å²) >= 11 is 0. The van der Waals surface area contributed by atoms with Crippen molar-refractivity contribution in [2.75, 3.05) is 0 Å². The number of benzene rings is 1. The second-order valence-electron chi connectivity index (χ2n) is 4.81. The van der Waals surface area contributed by atoms with Crippen molar-refractivity contribution in [3.05, 3.63) is 53.5 Å². The number of carbonyl (C=O) groups is 1. The molecule has 0 spiro atoms. The van der Waals surface area contributed by atoms with E-state index in [2.05, 4.69) is 15.3 Å². The van der Waals surface area contributed by atoms with Crippen LogP contribution < -0.4 is 0 Å². The van der Waals surface area contributed by atoms with Gasteiger partial charge in [-0.2, -0.15) is 0 Å². The second kappa shape index (κ2) is 4.85. The molecule has 2 aromatic heterocycles. The smallest absolute Gasteiger partial charge is 0.169 e. The third kappa shape index (κ3) is 2.30. The Kier molecular flexibility index (Phi) is 3.02. The van der Waals surface area contributed by atoms with Crippen LogP contribution in [0.4, 0.5) is 0 Å². The van der Waals surface area contributed by atoms with Crippen molar-refractivity contribution < 1.29 is 4.79 Å². The van der Waals surface area contributed by atoms with Crippen molar-refractivity contribution in [1.29, 1.82) is 0 Å². The number of pyridine rings is 1. The summed E-state index contributed by atoms with van der Waals surface area (Å²) in [5.41, 5.74) is 3.05. The molecule has 0 aliphatic carbocycles. The minimum atomic E-state index is 0.0344. The molecule has 100 valence electrons. The topological polar surface area (TPSA) is 60.7 Å². The summed E-state index contributed by atoms with van der Waals surface area (Å²) in [5, 5.41) is 8.69. The Hall–Kier alpha value is -2.56. The van der Waals surface area contributed by atoms with Crippen molar-refractivity contribution >= 4 is 16.7 Å². The molecular weight excluding hydrogens is 252 g/mol. The Morgan fingerprint density at radius 2 is 2.10 bits per heavy atom. The number of aromatic nitrogens is 4. The third-order valence-corrected chi connectivity index (χ3v) is 3.14. The van der Waals surface area contributed by atoms with Gasteiger partial charge in [0.25, 0.3) is 0 Å². The van der Waals surface area contributed by atoms with E-state index >= 15 is 0 Å². The van der Waals surface area contributed by atoms with Gasteiger partial charge in [-0.3, -0.25) is 14.5 Å². The molecule has 2 heterocycles. The molecule has 0 N–H and O–H groups in total. The largest absolute Gasteiger partial charge is 0.294 e. The number of ketones is 1. The number of Topliss-reactive ketones (excluding diaryl/α,β-unsaturated/α-hetero) is 1. The van der Waals surface area contributed by atoms with Crippen LogP contribution in [0.25, 0.3) is 10.9 Å². The lowest BCUT2D eigenvalue weighted by Crippen LogP contribution is -2.06. The first kappa shape index (κ1) is 12.5. The molecule has 0 unspecified atom stereocenters. The molecule has 0 radical (unpaired) electrons. The Morgan fingerprint density at radius 3 is 2.85 bits per heavy atom. The summed E-state index contributed by atoms with van der Waals surface area (Å²) in [6.45, 7) is 1.89. The summed E-state index contributed by atoms with van der Waals surface area (Å²) in [5.74, 6) is 0.0344. The SMILES string of the molecule is Cc1cc(C(=O)Cc2cn(C)nn2)c2ccccc2n1. The molecule has 0 saturated heterocycles. The predicted octanol–water partition coefficient (Wildman–Crippen LogP) is 2.10. The number of para-hydroxylation sites is 1. The summed E-state index contributed by atoms with van der Waals surface area (Å²) in [6.07, 6.45) is 2.01. The van der Waals surface area contributed by atoms with Gasteiger partial charge in [0.15, 0.2) is 5.78 Å². The zero-order chi connectivity index (χ0) is 14.1. The van der Waals surface area contributed by atoms with E-state index in [0.29, 0.717) is 11.3 Å². The molecule has 3 rings (SSSR count). The van der Waals surface area contributed by atoms with E-state index in [1.165, 1.54) is 0 Å². The molecule has 0 aliphatic rings. The lowest BCUT2D eigenvalue weighted by Gasteiger charge is -2.06. The maximum Gasteiger partial charge on any atom is 0.169 e. The standard InChI is InChI=1S/C15H14N4O/c1-10-7-13(12-5-3-4-6-14(12)16-10)15(20)8-11-9-19(2)18-17-11/h3-7,9H,8H2,1-2H3. The van der Waals surface area contributed by atoms with E-state index in [4.69, 9.17) is 0 Å². The minimum Gasteiger partial charge on any atom is -0.294 e. The highest BCUT2D eigenvalue weighted by molar-refractivity contribution is 6.08. The Bertz CT molecular complexity index is 791. The average molecular weight is 266 g/mol. The van der Waals surface area contributed by atoms with Gasteiger partial charge in [0.05, 0.1) is 17.6 Å². The summed E-state index contributed by atoms with van der Waals surface area (Å²) in [6, 6.07) is 9.51. The van der Waals surface area contributed by atoms with Gasteiger partial charge in [-0.1, -0.05) is 23.4 Å². The maximum absolute atomic E-state index is 12.5. The lowest BCUT2D eigenvalue weighted by atomic mass is 10.0. The third-order valence-electron chi connectivity index (χ3n) is 3.14. The van der Waals surface area contributed by atoms with Gasteiger partial charge in [-0.05, 0) is 19.1 Å². The van der Waals surface area contributed by atoms with Crippen molar-refractivity contribution in [3.8, 4) is 0 Å². The van der Waals surface area contributed by atoms with Gasteiger partial charge >= 0.3 is 0 Å². The molecule has 0 atom stereocenters. The number of fused-ring (bicyclic) bond motifs is 1. The van der Waals surface area contributed by atoms with Gasteiger partial charge in [-0.25, -0.2) is 0 Å². The fourth-order valence-electron chi connectivity index (χ4n) is 2.27. The molecule has 0 aliphatic heterocycles. The summed E-state index contributed by atoms with van der Waals surface area (Å²) < 4.78 is 1.60. The molecule has 0 saturated carbocycles. The number of aryl methyl sites for hydroxylation is 2. The Balaban J connectivity index is 2.02. The molecule has 3 aromatic rings. The molecule has 0 fully saturated rings. The minimum absolute atomic E-state index is 0.0344. The van der Waals surface area contributed by atoms with Crippen LogP contribution in [0.15, 0.2) is 36.5 Å². The van der Waals surface area contributed by atoms with Crippen LogP contribution in [0, 0.1) is 6.92 Å². The first-order chi connectivity index (χ1) is 9.63. The van der Waals surface area contributed by atoms with E-state index in [9.17, 15) is 4.79 Å². The highest BCUT2D eigenvalue weighted by atomic mass is 16.1. The average Bonchev–Trinajstić information content (AvgIpc) is 2.83. The van der Waals surface area contributed by atoms with Gasteiger partial charge in [0.2, 0.25) is 0 Å². The highest BCUT2D eigenvalue weighted by Gasteiger charge is 2.14. The van der Waals surface area contributed by atoms with Crippen molar-refractivity contribution in [2.24, 2.45) is 7.05 Å². The van der Waals surface area contributed by atoms with Crippen LogP contribution in [-0.4, -0.2) is 25.8 Å². The van der Waals surface area contributed by atoms with Crippen LogP contribution in [-0.2, 0) is 13.5 Å². The van der Waals surface area contributed by atoms with Gasteiger partial charge in [0.1, 0.15) is 0 Å². The number of hydrogen-bond donors (Lipinski definition) is 0. The van der Waals surface area contributed by atoms with Crippen LogP contribution in [0.1, 0.15) is 21.7 Å². The van der Waals surface area contributed by atoms with E-state index in [1.807, 2.05) is 37.3 Å². The van der Waals surface area contributed by atoms with E-state index in [1.54, 1.807) is 17.9 Å². The van der Waals surface area contributed by atoms with Crippen molar-refractivity contribution in [1.82, 2.24) is 20.0 Å². The molecule has 5 nitrogen and oxygen atoms in total. The van der Waals surface area contributed by atoms with Gasteiger partial charge < -0.3 is 0 Å². The summed E-state index contributed by atoms with van der Waals surface area (Å²) in [7, 11) is 1.78. The zero-order valence-corrected chi connectivity index (χ0v) is 11.4. The molecule has 20 heavy (non-hydrogen) atoms. The first-order valence-corrected chi connectivity index (χ1v) is 6.38. The monoisotopic (exact) mass is 266 g/mol. The van der Waals surface area contributed by atoms with Crippen LogP contribution >= 0.6 is 0 Å². The molecule has 5 heteroatoms. The second-order valence-corrected chi connectivity index (χ2v) is 4.81. The zero-order valence-electron chi connectivity index (χ0n) is 11.4. The Morgan fingerprint density at radius 1 is 1.30 bits per heavy atom. The van der Waals surface area contributed by atoms with Crippen molar-refractivity contribution in [2.45, 2.75) is 13.3 Å². The molecule has 0 bridgehead atoms. The first-order valence-electron chi connectivity index (χ1n) is 6.38. The predicted molar refractivity (Wildman–Crippen MR) is 75.5 cm³/mol. The van der Waals surface area contributed by atoms with Crippen molar-refractivity contribution in [3.63, 3.8) is 0 Å². The maximum atomic E-state index is 12.5. The molecule has 0 amide bonds. The lowest BCUT2D eigenvalue weighted by molar-refractivity contribution is 0.0993.